The summed E-state index contributed by atoms with van der Waals surface area (Å²) in [5, 5.41) is 3.83. The van der Waals surface area contributed by atoms with Crippen LogP contribution in [0.5, 0.6) is 0 Å². The number of rotatable bonds is 5. The second-order valence-electron chi connectivity index (χ2n) is 6.66. The van der Waals surface area contributed by atoms with Gasteiger partial charge in [0.2, 0.25) is 0 Å². The van der Waals surface area contributed by atoms with E-state index >= 15 is 0 Å². The van der Waals surface area contributed by atoms with E-state index < -0.39 is 0 Å². The second kappa shape index (κ2) is 8.19. The van der Waals surface area contributed by atoms with Gasteiger partial charge in [-0.15, -0.1) is 0 Å². The highest BCUT2D eigenvalue weighted by molar-refractivity contribution is 4.81. The number of hydrogen-bond acceptors (Lipinski definition) is 1. The molecule has 1 atom stereocenters. The third-order valence-electron chi connectivity index (χ3n) is 5.25. The summed E-state index contributed by atoms with van der Waals surface area (Å²) in [5.74, 6) is 2.01. The van der Waals surface area contributed by atoms with Crippen LogP contribution >= 0.6 is 0 Å². The quantitative estimate of drug-likeness (QED) is 0.685. The number of nitrogens with one attached hydrogen (secondary N) is 1. The first-order valence-electron chi connectivity index (χ1n) is 8.63. The first-order valence-corrected chi connectivity index (χ1v) is 8.63. The molecular formula is C17H33N. The smallest absolute Gasteiger partial charge is 0.00978 e. The van der Waals surface area contributed by atoms with Crippen molar-refractivity contribution in [3.05, 3.63) is 0 Å². The van der Waals surface area contributed by atoms with E-state index in [0.29, 0.717) is 0 Å². The van der Waals surface area contributed by atoms with Crippen molar-refractivity contribution in [3.63, 3.8) is 0 Å². The van der Waals surface area contributed by atoms with E-state index in [9.17, 15) is 0 Å². The average molecular weight is 251 g/mol. The minimum Gasteiger partial charge on any atom is -0.314 e. The molecule has 2 saturated carbocycles. The molecule has 0 spiro atoms. The normalized spacial score (nSPS) is 25.8. The van der Waals surface area contributed by atoms with Gasteiger partial charge >= 0.3 is 0 Å². The van der Waals surface area contributed by atoms with E-state index in [-0.39, 0.29) is 0 Å². The molecule has 0 aromatic rings. The van der Waals surface area contributed by atoms with Gasteiger partial charge in [0.1, 0.15) is 0 Å². The molecule has 2 rings (SSSR count). The van der Waals surface area contributed by atoms with E-state index in [4.69, 9.17) is 0 Å². The molecule has 0 aliphatic heterocycles. The molecule has 2 aliphatic carbocycles. The van der Waals surface area contributed by atoms with Crippen molar-refractivity contribution in [2.45, 2.75) is 90.0 Å². The van der Waals surface area contributed by atoms with Crippen molar-refractivity contribution in [2.24, 2.45) is 11.8 Å². The number of hydrogen-bond donors (Lipinski definition) is 1. The lowest BCUT2D eigenvalue weighted by atomic mass is 9.80. The molecule has 2 aliphatic rings. The van der Waals surface area contributed by atoms with Crippen molar-refractivity contribution in [1.82, 2.24) is 5.32 Å². The lowest BCUT2D eigenvalue weighted by Crippen LogP contribution is -2.38. The maximum absolute atomic E-state index is 3.83. The third-order valence-corrected chi connectivity index (χ3v) is 5.25. The standard InChI is InChI=1S/C17H33N/c1-2-18-17(14-15-10-6-5-7-11-15)16-12-8-3-4-9-13-16/h15-18H,2-14H2,1H3. The zero-order chi connectivity index (χ0) is 12.6. The summed E-state index contributed by atoms with van der Waals surface area (Å²) < 4.78 is 0. The largest absolute Gasteiger partial charge is 0.314 e. The first-order chi connectivity index (χ1) is 8.90. The fourth-order valence-electron chi connectivity index (χ4n) is 4.20. The van der Waals surface area contributed by atoms with E-state index in [2.05, 4.69) is 12.2 Å². The summed E-state index contributed by atoms with van der Waals surface area (Å²) in [7, 11) is 0. The minimum atomic E-state index is 0.830. The van der Waals surface area contributed by atoms with Gasteiger partial charge in [0.25, 0.3) is 0 Å². The van der Waals surface area contributed by atoms with Gasteiger partial charge in [-0.2, -0.15) is 0 Å². The van der Waals surface area contributed by atoms with Gasteiger partial charge in [0, 0.05) is 6.04 Å². The van der Waals surface area contributed by atoms with E-state index in [1.165, 1.54) is 77.0 Å². The Kier molecular flexibility index (Phi) is 6.54. The van der Waals surface area contributed by atoms with Crippen molar-refractivity contribution in [1.29, 1.82) is 0 Å². The maximum atomic E-state index is 3.83. The zero-order valence-electron chi connectivity index (χ0n) is 12.4. The van der Waals surface area contributed by atoms with Crippen LogP contribution in [-0.2, 0) is 0 Å². The minimum absolute atomic E-state index is 0.830. The van der Waals surface area contributed by atoms with Crippen molar-refractivity contribution in [2.75, 3.05) is 6.54 Å². The Morgan fingerprint density at radius 1 is 0.833 bits per heavy atom. The van der Waals surface area contributed by atoms with Crippen LogP contribution < -0.4 is 5.32 Å². The van der Waals surface area contributed by atoms with Crippen LogP contribution in [0.4, 0.5) is 0 Å². The Bertz CT molecular complexity index is 200. The van der Waals surface area contributed by atoms with E-state index in [1.807, 2.05) is 0 Å². The predicted octanol–water partition coefficient (Wildman–Crippen LogP) is 4.91. The molecule has 0 bridgehead atoms. The summed E-state index contributed by atoms with van der Waals surface area (Å²) in [4.78, 5) is 0. The molecule has 1 unspecified atom stereocenters. The Balaban J connectivity index is 1.84. The Hall–Kier alpha value is -0.0400. The summed E-state index contributed by atoms with van der Waals surface area (Å²) in [6, 6.07) is 0.830. The van der Waals surface area contributed by atoms with Crippen LogP contribution in [-0.4, -0.2) is 12.6 Å². The molecule has 2 fully saturated rings. The third kappa shape index (κ3) is 4.57. The Morgan fingerprint density at radius 2 is 1.39 bits per heavy atom. The summed E-state index contributed by atoms with van der Waals surface area (Å²) in [5.41, 5.74) is 0. The van der Waals surface area contributed by atoms with Crippen molar-refractivity contribution >= 4 is 0 Å². The summed E-state index contributed by atoms with van der Waals surface area (Å²) in [6.45, 7) is 3.44. The molecule has 0 amide bonds. The van der Waals surface area contributed by atoms with Crippen LogP contribution in [0.1, 0.15) is 84.0 Å². The van der Waals surface area contributed by atoms with Crippen LogP contribution in [0.25, 0.3) is 0 Å². The lowest BCUT2D eigenvalue weighted by Gasteiger charge is -2.32. The van der Waals surface area contributed by atoms with Gasteiger partial charge < -0.3 is 5.32 Å². The SMILES string of the molecule is CCNC(CC1CCCCC1)C1CCCCCC1. The fraction of sp³-hybridized carbons (Fsp3) is 1.00. The first kappa shape index (κ1) is 14.4. The molecule has 1 nitrogen and oxygen atoms in total. The van der Waals surface area contributed by atoms with Gasteiger partial charge in [0.15, 0.2) is 0 Å². The fourth-order valence-corrected chi connectivity index (χ4v) is 4.20. The summed E-state index contributed by atoms with van der Waals surface area (Å²) >= 11 is 0. The molecule has 0 radical (unpaired) electrons. The van der Waals surface area contributed by atoms with Gasteiger partial charge in [-0.05, 0) is 37.6 Å². The Morgan fingerprint density at radius 3 is 2.00 bits per heavy atom. The van der Waals surface area contributed by atoms with Gasteiger partial charge in [-0.1, -0.05) is 64.7 Å². The highest BCUT2D eigenvalue weighted by atomic mass is 14.9. The zero-order valence-corrected chi connectivity index (χ0v) is 12.4. The average Bonchev–Trinajstić information content (AvgIpc) is 2.68. The molecular weight excluding hydrogens is 218 g/mol. The van der Waals surface area contributed by atoms with Crippen molar-refractivity contribution in [3.8, 4) is 0 Å². The molecule has 0 heterocycles. The molecule has 1 heteroatoms. The molecule has 1 N–H and O–H groups in total. The molecule has 18 heavy (non-hydrogen) atoms. The predicted molar refractivity (Wildman–Crippen MR) is 79.8 cm³/mol. The van der Waals surface area contributed by atoms with Crippen LogP contribution in [0.15, 0.2) is 0 Å². The van der Waals surface area contributed by atoms with E-state index in [1.54, 1.807) is 0 Å². The molecule has 106 valence electrons. The van der Waals surface area contributed by atoms with Crippen LogP contribution in [0.3, 0.4) is 0 Å². The Labute approximate surface area is 114 Å². The molecule has 0 saturated heterocycles. The van der Waals surface area contributed by atoms with Gasteiger partial charge in [0.05, 0.1) is 0 Å². The topological polar surface area (TPSA) is 12.0 Å². The van der Waals surface area contributed by atoms with Crippen LogP contribution in [0.2, 0.25) is 0 Å². The van der Waals surface area contributed by atoms with Crippen LogP contribution in [0, 0.1) is 11.8 Å². The van der Waals surface area contributed by atoms with Gasteiger partial charge in [-0.25, -0.2) is 0 Å². The second-order valence-corrected chi connectivity index (χ2v) is 6.66. The maximum Gasteiger partial charge on any atom is 0.00978 e. The molecule has 0 aromatic heterocycles. The van der Waals surface area contributed by atoms with Crippen molar-refractivity contribution < 1.29 is 0 Å². The lowest BCUT2D eigenvalue weighted by molar-refractivity contribution is 0.237. The molecule has 0 aromatic carbocycles. The highest BCUT2D eigenvalue weighted by Crippen LogP contribution is 2.33. The highest BCUT2D eigenvalue weighted by Gasteiger charge is 2.25. The monoisotopic (exact) mass is 251 g/mol. The van der Waals surface area contributed by atoms with E-state index in [0.717, 1.165) is 24.4 Å². The van der Waals surface area contributed by atoms with Gasteiger partial charge in [-0.3, -0.25) is 0 Å². The summed E-state index contributed by atoms with van der Waals surface area (Å²) in [6.07, 6.45) is 17.9.